The lowest BCUT2D eigenvalue weighted by Gasteiger charge is -2.21. The zero-order chi connectivity index (χ0) is 28.4. The van der Waals surface area contributed by atoms with Gasteiger partial charge in [-0.3, -0.25) is 0 Å². The molecule has 0 aliphatic rings. The number of hydrogen-bond acceptors (Lipinski definition) is 5. The highest BCUT2D eigenvalue weighted by molar-refractivity contribution is 5.67. The highest BCUT2D eigenvalue weighted by atomic mass is 16.6. The van der Waals surface area contributed by atoms with Crippen LogP contribution in [0.3, 0.4) is 0 Å². The highest BCUT2D eigenvalue weighted by Crippen LogP contribution is 2.11. The van der Waals surface area contributed by atoms with E-state index >= 15 is 0 Å². The maximum absolute atomic E-state index is 11.8. The Hall–Kier alpha value is -3.06. The number of carbonyl (C=O) groups is 2. The molecule has 2 aromatic carbocycles. The highest BCUT2D eigenvalue weighted by Gasteiger charge is 2.16. The predicted octanol–water partition coefficient (Wildman–Crippen LogP) is 6.27. The van der Waals surface area contributed by atoms with Crippen LogP contribution in [0.15, 0.2) is 60.7 Å². The van der Waals surface area contributed by atoms with Crippen LogP contribution >= 0.6 is 0 Å². The van der Waals surface area contributed by atoms with Gasteiger partial charge in [0.15, 0.2) is 0 Å². The molecule has 2 aromatic rings. The Labute approximate surface area is 230 Å². The molecule has 0 saturated heterocycles. The van der Waals surface area contributed by atoms with Crippen LogP contribution in [0.5, 0.6) is 0 Å². The molecule has 7 nitrogen and oxygen atoms in total. The van der Waals surface area contributed by atoms with E-state index in [-0.39, 0.29) is 17.8 Å². The van der Waals surface area contributed by atoms with Gasteiger partial charge in [0, 0.05) is 25.7 Å². The lowest BCUT2D eigenvalue weighted by Crippen LogP contribution is -2.39. The van der Waals surface area contributed by atoms with Crippen molar-refractivity contribution in [2.24, 2.45) is 0 Å². The minimum Gasteiger partial charge on any atom is -0.444 e. The fourth-order valence-corrected chi connectivity index (χ4v) is 3.53. The van der Waals surface area contributed by atoms with Crippen molar-refractivity contribution >= 4 is 12.2 Å². The van der Waals surface area contributed by atoms with Crippen LogP contribution < -0.4 is 16.0 Å². The first-order chi connectivity index (χ1) is 17.9. The zero-order valence-corrected chi connectivity index (χ0v) is 24.4. The summed E-state index contributed by atoms with van der Waals surface area (Å²) in [6, 6.07) is 21.6. The van der Waals surface area contributed by atoms with Crippen molar-refractivity contribution in [3.63, 3.8) is 0 Å². The summed E-state index contributed by atoms with van der Waals surface area (Å²) in [6.07, 6.45) is 3.53. The quantitative estimate of drug-likeness (QED) is 0.300. The van der Waals surface area contributed by atoms with Crippen LogP contribution in [0.2, 0.25) is 0 Å². The third-order valence-electron chi connectivity index (χ3n) is 5.19. The van der Waals surface area contributed by atoms with Crippen LogP contribution in [-0.4, -0.2) is 49.1 Å². The summed E-state index contributed by atoms with van der Waals surface area (Å²) in [5, 5.41) is 8.97. The molecular weight excluding hydrogens is 478 g/mol. The van der Waals surface area contributed by atoms with Gasteiger partial charge in [-0.15, -0.1) is 0 Å². The first-order valence-electron chi connectivity index (χ1n) is 13.6. The third kappa shape index (κ3) is 18.2. The molecule has 0 bridgehead atoms. The molecular formula is C31H49N3O4. The number of aryl methyl sites for hydroxylation is 2. The minimum atomic E-state index is -0.467. The van der Waals surface area contributed by atoms with E-state index in [9.17, 15) is 9.59 Å². The minimum absolute atomic E-state index is 0.352. The van der Waals surface area contributed by atoms with Crippen LogP contribution in [0.25, 0.3) is 0 Å². The van der Waals surface area contributed by atoms with Crippen molar-refractivity contribution in [3.8, 4) is 0 Å². The second kappa shape index (κ2) is 17.4. The van der Waals surface area contributed by atoms with Crippen molar-refractivity contribution in [2.45, 2.75) is 91.4 Å². The second-order valence-electron chi connectivity index (χ2n) is 11.2. The number of rotatable bonds is 11. The molecule has 0 saturated carbocycles. The van der Waals surface area contributed by atoms with Gasteiger partial charge < -0.3 is 25.4 Å². The molecule has 0 radical (unpaired) electrons. The number of benzene rings is 2. The van der Waals surface area contributed by atoms with E-state index in [0.717, 1.165) is 32.2 Å². The molecule has 212 valence electrons. The van der Waals surface area contributed by atoms with E-state index in [1.54, 1.807) is 0 Å². The molecule has 2 amide bonds. The molecule has 3 N–H and O–H groups in total. The molecule has 0 fully saturated rings. The van der Waals surface area contributed by atoms with E-state index in [2.05, 4.69) is 76.6 Å². The summed E-state index contributed by atoms with van der Waals surface area (Å²) in [5.74, 6) is 0. The molecule has 0 aliphatic heterocycles. The number of hydrogen-bond donors (Lipinski definition) is 3. The van der Waals surface area contributed by atoms with Gasteiger partial charge in [-0.2, -0.15) is 0 Å². The number of alkyl carbamates (subject to hydrolysis) is 2. The molecule has 0 atom stereocenters. The average molecular weight is 528 g/mol. The van der Waals surface area contributed by atoms with Crippen LogP contribution in [-0.2, 0) is 22.3 Å². The van der Waals surface area contributed by atoms with Crippen LogP contribution in [0.4, 0.5) is 9.59 Å². The molecule has 7 heteroatoms. The van der Waals surface area contributed by atoms with Crippen LogP contribution in [0.1, 0.15) is 72.4 Å². The molecule has 0 aromatic heterocycles. The van der Waals surface area contributed by atoms with Gasteiger partial charge in [-0.05, 0) is 85.3 Å². The standard InChI is InChI=1S/C24H34N2O2.C7H15NO2/c1-24(2,3)28-23(27)26-19-18-25-22(16-14-20-10-6-4-7-11-20)17-15-21-12-8-5-9-13-21;1-5-8-6(9)10-7(2,3)4/h4-13,22,25H,14-19H2,1-3H3,(H,26,27);5H2,1-4H3,(H,8,9). The summed E-state index contributed by atoms with van der Waals surface area (Å²) in [6.45, 7) is 14.9. The number of ether oxygens (including phenoxy) is 2. The maximum atomic E-state index is 11.8. The maximum Gasteiger partial charge on any atom is 0.407 e. The molecule has 0 aliphatic carbocycles. The fraction of sp³-hybridized carbons (Fsp3) is 0.548. The smallest absolute Gasteiger partial charge is 0.407 e. The van der Waals surface area contributed by atoms with E-state index in [4.69, 9.17) is 9.47 Å². The van der Waals surface area contributed by atoms with Crippen molar-refractivity contribution < 1.29 is 19.1 Å². The van der Waals surface area contributed by atoms with Gasteiger partial charge in [0.2, 0.25) is 0 Å². The Morgan fingerprint density at radius 1 is 0.684 bits per heavy atom. The SMILES string of the molecule is CC(C)(C)OC(=O)NCCNC(CCc1ccccc1)CCc1ccccc1.CCNC(=O)OC(C)(C)C. The first kappa shape index (κ1) is 33.0. The Morgan fingerprint density at radius 2 is 1.11 bits per heavy atom. The van der Waals surface area contributed by atoms with Crippen molar-refractivity contribution in [3.05, 3.63) is 71.8 Å². The summed E-state index contributed by atoms with van der Waals surface area (Å²) in [4.78, 5) is 22.5. The lowest BCUT2D eigenvalue weighted by molar-refractivity contribution is 0.0517. The number of carbonyl (C=O) groups excluding carboxylic acids is 2. The summed E-state index contributed by atoms with van der Waals surface area (Å²) in [7, 11) is 0. The Morgan fingerprint density at radius 3 is 1.50 bits per heavy atom. The normalized spacial score (nSPS) is 11.3. The molecule has 2 rings (SSSR count). The Bertz CT molecular complexity index is 863. The molecule has 0 spiro atoms. The number of nitrogens with one attached hydrogen (secondary N) is 3. The average Bonchev–Trinajstić information content (AvgIpc) is 2.82. The lowest BCUT2D eigenvalue weighted by atomic mass is 9.99. The largest absolute Gasteiger partial charge is 0.444 e. The molecule has 0 heterocycles. The van der Waals surface area contributed by atoms with Crippen molar-refractivity contribution in [1.29, 1.82) is 0 Å². The molecule has 0 unspecified atom stereocenters. The van der Waals surface area contributed by atoms with E-state index in [1.807, 2.05) is 48.5 Å². The van der Waals surface area contributed by atoms with E-state index in [0.29, 0.717) is 19.1 Å². The van der Waals surface area contributed by atoms with Gasteiger partial charge in [-0.25, -0.2) is 9.59 Å². The van der Waals surface area contributed by atoms with Gasteiger partial charge in [0.1, 0.15) is 11.2 Å². The predicted molar refractivity (Wildman–Crippen MR) is 155 cm³/mol. The van der Waals surface area contributed by atoms with Gasteiger partial charge in [-0.1, -0.05) is 60.7 Å². The van der Waals surface area contributed by atoms with Gasteiger partial charge in [0.25, 0.3) is 0 Å². The Balaban J connectivity index is 0.000000612. The summed E-state index contributed by atoms with van der Waals surface area (Å²) >= 11 is 0. The summed E-state index contributed by atoms with van der Waals surface area (Å²) < 4.78 is 10.2. The van der Waals surface area contributed by atoms with Crippen molar-refractivity contribution in [2.75, 3.05) is 19.6 Å². The first-order valence-corrected chi connectivity index (χ1v) is 13.6. The van der Waals surface area contributed by atoms with E-state index in [1.165, 1.54) is 11.1 Å². The number of amides is 2. The monoisotopic (exact) mass is 527 g/mol. The second-order valence-corrected chi connectivity index (χ2v) is 11.2. The zero-order valence-electron chi connectivity index (χ0n) is 24.4. The topological polar surface area (TPSA) is 88.7 Å². The van der Waals surface area contributed by atoms with E-state index < -0.39 is 5.60 Å². The third-order valence-corrected chi connectivity index (χ3v) is 5.19. The molecule has 38 heavy (non-hydrogen) atoms. The Kier molecular flexibility index (Phi) is 15.1. The van der Waals surface area contributed by atoms with Crippen LogP contribution in [0, 0.1) is 0 Å². The summed E-state index contributed by atoms with van der Waals surface area (Å²) in [5.41, 5.74) is 1.87. The van der Waals surface area contributed by atoms with Crippen molar-refractivity contribution in [1.82, 2.24) is 16.0 Å². The fourth-order valence-electron chi connectivity index (χ4n) is 3.53. The van der Waals surface area contributed by atoms with Gasteiger partial charge in [0.05, 0.1) is 0 Å². The van der Waals surface area contributed by atoms with Gasteiger partial charge >= 0.3 is 12.2 Å².